The predicted octanol–water partition coefficient (Wildman–Crippen LogP) is 1.43. The van der Waals surface area contributed by atoms with E-state index in [1.54, 1.807) is 13.0 Å². The zero-order valence-corrected chi connectivity index (χ0v) is 10.8. The summed E-state index contributed by atoms with van der Waals surface area (Å²) in [6.45, 7) is 12.0. The van der Waals surface area contributed by atoms with Gasteiger partial charge in [0.25, 0.3) is 0 Å². The maximum atomic E-state index is 10.4. The van der Waals surface area contributed by atoms with Gasteiger partial charge in [0.05, 0.1) is 6.61 Å². The zero-order valence-electron chi connectivity index (χ0n) is 10.8. The standard InChI is InChI=1S/C6H11NO2.2C3H4O2/c1-3-5-7-6(8)9-4-2;2*1-2-3(4)5/h3H,1,4-5H2,2H3,(H,7,8);2*2H,1H2,(H,4,5). The molecule has 108 valence electrons. The maximum Gasteiger partial charge on any atom is 0.407 e. The number of hydrogen-bond acceptors (Lipinski definition) is 4. The molecule has 19 heavy (non-hydrogen) atoms. The fourth-order valence-electron chi connectivity index (χ4n) is 0.338. The zero-order chi connectivity index (χ0) is 15.7. The molecule has 0 saturated heterocycles. The average Bonchev–Trinajstić information content (AvgIpc) is 2.38. The fourth-order valence-corrected chi connectivity index (χ4v) is 0.338. The van der Waals surface area contributed by atoms with Crippen LogP contribution in [0.25, 0.3) is 0 Å². The lowest BCUT2D eigenvalue weighted by atomic mass is 10.6. The molecule has 7 heteroatoms. The van der Waals surface area contributed by atoms with Gasteiger partial charge in [0.1, 0.15) is 0 Å². The minimum absolute atomic E-state index is 0.391. The first-order valence-corrected chi connectivity index (χ1v) is 5.07. The number of ether oxygens (including phenoxy) is 1. The summed E-state index contributed by atoms with van der Waals surface area (Å²) in [7, 11) is 0. The first kappa shape index (κ1) is 21.7. The van der Waals surface area contributed by atoms with Gasteiger partial charge in [0, 0.05) is 18.7 Å². The van der Waals surface area contributed by atoms with Crippen LogP contribution in [0.5, 0.6) is 0 Å². The molecule has 0 unspecified atom stereocenters. The van der Waals surface area contributed by atoms with Gasteiger partial charge >= 0.3 is 18.0 Å². The van der Waals surface area contributed by atoms with E-state index >= 15 is 0 Å². The molecule has 0 aromatic rings. The summed E-state index contributed by atoms with van der Waals surface area (Å²) in [5, 5.41) is 17.7. The summed E-state index contributed by atoms with van der Waals surface area (Å²) in [5.74, 6) is -1.96. The Labute approximate surface area is 111 Å². The van der Waals surface area contributed by atoms with Gasteiger partial charge in [-0.3, -0.25) is 0 Å². The number of hydrogen-bond donors (Lipinski definition) is 3. The molecule has 7 nitrogen and oxygen atoms in total. The van der Waals surface area contributed by atoms with Crippen LogP contribution in [0, 0.1) is 0 Å². The second-order valence-corrected chi connectivity index (χ2v) is 2.47. The van der Waals surface area contributed by atoms with Crippen LogP contribution in [-0.2, 0) is 14.3 Å². The van der Waals surface area contributed by atoms with E-state index in [2.05, 4.69) is 29.8 Å². The van der Waals surface area contributed by atoms with Crippen LogP contribution in [0.15, 0.2) is 38.0 Å². The van der Waals surface area contributed by atoms with Crippen LogP contribution in [0.4, 0.5) is 4.79 Å². The minimum atomic E-state index is -0.981. The van der Waals surface area contributed by atoms with Crippen molar-refractivity contribution >= 4 is 18.0 Å². The van der Waals surface area contributed by atoms with E-state index in [0.29, 0.717) is 13.2 Å². The van der Waals surface area contributed by atoms with Crippen molar-refractivity contribution in [2.75, 3.05) is 13.2 Å². The van der Waals surface area contributed by atoms with Crippen LogP contribution < -0.4 is 5.32 Å². The summed E-state index contributed by atoms with van der Waals surface area (Å²) < 4.78 is 4.55. The Morgan fingerprint density at radius 2 is 1.47 bits per heavy atom. The predicted molar refractivity (Wildman–Crippen MR) is 70.9 cm³/mol. The van der Waals surface area contributed by atoms with E-state index < -0.39 is 18.0 Å². The minimum Gasteiger partial charge on any atom is -0.478 e. The third-order valence-electron chi connectivity index (χ3n) is 1.02. The molecule has 0 aromatic heterocycles. The highest BCUT2D eigenvalue weighted by Crippen LogP contribution is 1.74. The van der Waals surface area contributed by atoms with Crippen molar-refractivity contribution in [1.82, 2.24) is 5.32 Å². The molecule has 0 saturated carbocycles. The van der Waals surface area contributed by atoms with Crippen LogP contribution in [0.3, 0.4) is 0 Å². The van der Waals surface area contributed by atoms with Crippen LogP contribution in [0.1, 0.15) is 6.92 Å². The van der Waals surface area contributed by atoms with E-state index in [0.717, 1.165) is 12.2 Å². The number of rotatable bonds is 5. The normalized spacial score (nSPS) is 7.21. The third-order valence-corrected chi connectivity index (χ3v) is 1.02. The molecular formula is C12H19NO6. The first-order chi connectivity index (χ1) is 8.85. The Morgan fingerprint density at radius 1 is 1.11 bits per heavy atom. The van der Waals surface area contributed by atoms with E-state index in [1.807, 2.05) is 0 Å². The number of alkyl carbamates (subject to hydrolysis) is 1. The highest BCUT2D eigenvalue weighted by molar-refractivity contribution is 5.79. The van der Waals surface area contributed by atoms with E-state index in [9.17, 15) is 14.4 Å². The molecule has 0 atom stereocenters. The number of carboxylic acids is 2. The van der Waals surface area contributed by atoms with Crippen LogP contribution in [0.2, 0.25) is 0 Å². The number of carboxylic acid groups (broad SMARTS) is 2. The van der Waals surface area contributed by atoms with Gasteiger partial charge in [0.15, 0.2) is 0 Å². The molecule has 0 bridgehead atoms. The van der Waals surface area contributed by atoms with Gasteiger partial charge in [-0.05, 0) is 6.92 Å². The average molecular weight is 273 g/mol. The Balaban J connectivity index is -0.000000219. The molecule has 0 aliphatic carbocycles. The number of carbonyl (C=O) groups is 3. The molecule has 0 aliphatic rings. The summed E-state index contributed by atoms with van der Waals surface area (Å²) in [6, 6.07) is 0. The Bertz CT molecular complexity index is 293. The number of amides is 1. The molecule has 0 aliphatic heterocycles. The third kappa shape index (κ3) is 39.2. The maximum absolute atomic E-state index is 10.4. The Morgan fingerprint density at radius 3 is 1.68 bits per heavy atom. The van der Waals surface area contributed by atoms with Gasteiger partial charge in [-0.1, -0.05) is 19.2 Å². The van der Waals surface area contributed by atoms with Gasteiger partial charge in [-0.25, -0.2) is 14.4 Å². The molecule has 1 amide bonds. The molecular weight excluding hydrogens is 254 g/mol. The topological polar surface area (TPSA) is 113 Å². The van der Waals surface area contributed by atoms with Gasteiger partial charge < -0.3 is 20.3 Å². The van der Waals surface area contributed by atoms with Gasteiger partial charge in [0.2, 0.25) is 0 Å². The number of carbonyl (C=O) groups excluding carboxylic acids is 1. The van der Waals surface area contributed by atoms with E-state index in [4.69, 9.17) is 10.2 Å². The van der Waals surface area contributed by atoms with Crippen molar-refractivity contribution in [3.8, 4) is 0 Å². The first-order valence-electron chi connectivity index (χ1n) is 5.07. The van der Waals surface area contributed by atoms with Crippen molar-refractivity contribution in [2.24, 2.45) is 0 Å². The Kier molecular flexibility index (Phi) is 20.3. The quantitative estimate of drug-likeness (QED) is 0.516. The lowest BCUT2D eigenvalue weighted by Gasteiger charge is -1.99. The summed E-state index contributed by atoms with van der Waals surface area (Å²) >= 11 is 0. The second-order valence-electron chi connectivity index (χ2n) is 2.47. The lowest BCUT2D eigenvalue weighted by Crippen LogP contribution is -2.23. The molecule has 0 heterocycles. The highest BCUT2D eigenvalue weighted by Gasteiger charge is 1.93. The summed E-state index contributed by atoms with van der Waals surface area (Å²) in [4.78, 5) is 28.9. The van der Waals surface area contributed by atoms with E-state index in [-0.39, 0.29) is 0 Å². The van der Waals surface area contributed by atoms with Crippen LogP contribution in [-0.4, -0.2) is 41.4 Å². The van der Waals surface area contributed by atoms with E-state index in [1.165, 1.54) is 0 Å². The van der Waals surface area contributed by atoms with Gasteiger partial charge in [-0.15, -0.1) is 6.58 Å². The molecule has 0 radical (unpaired) electrons. The second kappa shape index (κ2) is 17.8. The van der Waals surface area contributed by atoms with Crippen LogP contribution >= 0.6 is 0 Å². The van der Waals surface area contributed by atoms with Crippen molar-refractivity contribution < 1.29 is 29.3 Å². The number of nitrogens with one attached hydrogen (secondary N) is 1. The molecule has 0 rings (SSSR count). The SMILES string of the molecule is C=CC(=O)O.C=CC(=O)O.C=CCNC(=O)OCC. The van der Waals surface area contributed by atoms with Crippen molar-refractivity contribution in [1.29, 1.82) is 0 Å². The monoisotopic (exact) mass is 273 g/mol. The molecule has 3 N–H and O–H groups in total. The molecule has 0 aromatic carbocycles. The molecule has 0 spiro atoms. The summed E-state index contributed by atoms with van der Waals surface area (Å²) in [5.41, 5.74) is 0. The highest BCUT2D eigenvalue weighted by atomic mass is 16.5. The lowest BCUT2D eigenvalue weighted by molar-refractivity contribution is -0.132. The summed E-state index contributed by atoms with van der Waals surface area (Å²) in [6.07, 6.45) is 2.87. The molecule has 0 fully saturated rings. The number of aliphatic carboxylic acids is 2. The Hall–Kier alpha value is -2.57. The largest absolute Gasteiger partial charge is 0.478 e. The van der Waals surface area contributed by atoms with Crippen molar-refractivity contribution in [3.63, 3.8) is 0 Å². The smallest absolute Gasteiger partial charge is 0.407 e. The van der Waals surface area contributed by atoms with Crippen molar-refractivity contribution in [3.05, 3.63) is 38.0 Å². The van der Waals surface area contributed by atoms with Crippen molar-refractivity contribution in [2.45, 2.75) is 6.92 Å². The fraction of sp³-hybridized carbons (Fsp3) is 0.250. The van der Waals surface area contributed by atoms with Gasteiger partial charge in [-0.2, -0.15) is 0 Å².